The van der Waals surface area contributed by atoms with E-state index in [-0.39, 0.29) is 5.82 Å². The highest BCUT2D eigenvalue weighted by Gasteiger charge is 2.05. The summed E-state index contributed by atoms with van der Waals surface area (Å²) in [5.74, 6) is -2.06. The van der Waals surface area contributed by atoms with Crippen LogP contribution in [0.1, 0.15) is 11.1 Å². The third-order valence-electron chi connectivity index (χ3n) is 2.73. The molecule has 0 spiro atoms. The molecule has 1 nitrogen and oxygen atoms in total. The molecule has 0 heterocycles. The van der Waals surface area contributed by atoms with Gasteiger partial charge >= 0.3 is 0 Å². The predicted molar refractivity (Wildman–Crippen MR) is 64.8 cm³/mol. The zero-order valence-corrected chi connectivity index (χ0v) is 9.81. The third-order valence-corrected chi connectivity index (χ3v) is 2.73. The molecule has 2 rings (SSSR count). The molecule has 0 amide bonds. The maximum absolute atomic E-state index is 13.3. The number of halogens is 3. The van der Waals surface area contributed by atoms with Crippen LogP contribution < -0.4 is 5.32 Å². The van der Waals surface area contributed by atoms with Gasteiger partial charge < -0.3 is 5.32 Å². The fraction of sp³-hybridized carbons (Fsp3) is 0.143. The largest absolute Gasteiger partial charge is 0.381 e. The smallest absolute Gasteiger partial charge is 0.159 e. The summed E-state index contributed by atoms with van der Waals surface area (Å²) < 4.78 is 39.0. The summed E-state index contributed by atoms with van der Waals surface area (Å²) in [6.07, 6.45) is 0. The van der Waals surface area contributed by atoms with Crippen molar-refractivity contribution < 1.29 is 13.2 Å². The average molecular weight is 251 g/mol. The van der Waals surface area contributed by atoms with Crippen LogP contribution in [0.15, 0.2) is 36.4 Å². The lowest BCUT2D eigenvalue weighted by molar-refractivity contribution is 0.507. The first-order valence-corrected chi connectivity index (χ1v) is 5.51. The maximum atomic E-state index is 13.3. The van der Waals surface area contributed by atoms with Crippen molar-refractivity contribution in [3.05, 3.63) is 65.0 Å². The summed E-state index contributed by atoms with van der Waals surface area (Å²) in [6, 6.07) is 8.38. The molecule has 2 aromatic carbocycles. The topological polar surface area (TPSA) is 12.0 Å². The van der Waals surface area contributed by atoms with Gasteiger partial charge in [0, 0.05) is 17.8 Å². The monoisotopic (exact) mass is 251 g/mol. The van der Waals surface area contributed by atoms with E-state index in [0.717, 1.165) is 12.1 Å². The van der Waals surface area contributed by atoms with Crippen molar-refractivity contribution in [2.75, 3.05) is 5.32 Å². The van der Waals surface area contributed by atoms with E-state index in [0.29, 0.717) is 23.4 Å². The van der Waals surface area contributed by atoms with Crippen LogP contribution in [0.3, 0.4) is 0 Å². The van der Waals surface area contributed by atoms with Gasteiger partial charge in [-0.15, -0.1) is 0 Å². The number of nitrogens with one attached hydrogen (secondary N) is 1. The molecule has 1 N–H and O–H groups in total. The molecule has 0 aliphatic heterocycles. The number of anilines is 1. The first kappa shape index (κ1) is 12.5. The number of benzene rings is 2. The molecule has 0 fully saturated rings. The Bertz CT molecular complexity index is 567. The molecule has 0 saturated carbocycles. The van der Waals surface area contributed by atoms with E-state index in [1.807, 2.05) is 0 Å². The van der Waals surface area contributed by atoms with Crippen LogP contribution in [0, 0.1) is 24.4 Å². The second-order valence-electron chi connectivity index (χ2n) is 4.01. The Labute approximate surface area is 103 Å². The summed E-state index contributed by atoms with van der Waals surface area (Å²) in [5, 5.41) is 2.99. The Morgan fingerprint density at radius 1 is 0.944 bits per heavy atom. The van der Waals surface area contributed by atoms with Gasteiger partial charge in [0.2, 0.25) is 0 Å². The van der Waals surface area contributed by atoms with E-state index in [9.17, 15) is 13.2 Å². The van der Waals surface area contributed by atoms with E-state index >= 15 is 0 Å². The molecule has 0 radical (unpaired) electrons. The van der Waals surface area contributed by atoms with Gasteiger partial charge in [-0.3, -0.25) is 0 Å². The minimum Gasteiger partial charge on any atom is -0.381 e. The van der Waals surface area contributed by atoms with Gasteiger partial charge in [0.05, 0.1) is 0 Å². The summed E-state index contributed by atoms with van der Waals surface area (Å²) in [4.78, 5) is 0. The summed E-state index contributed by atoms with van der Waals surface area (Å²) >= 11 is 0. The maximum Gasteiger partial charge on any atom is 0.159 e. The van der Waals surface area contributed by atoms with Crippen LogP contribution in [0.2, 0.25) is 0 Å². The Kier molecular flexibility index (Phi) is 3.55. The number of hydrogen-bond acceptors (Lipinski definition) is 1. The molecular formula is C14H12F3N. The van der Waals surface area contributed by atoms with Gasteiger partial charge in [-0.05, 0) is 36.8 Å². The van der Waals surface area contributed by atoms with E-state index < -0.39 is 11.6 Å². The standard InChI is InChI=1S/C14H12F3N/c1-9-11(15)3-2-4-14(9)18-8-10-5-6-12(16)13(17)7-10/h2-7,18H,8H2,1H3. The lowest BCUT2D eigenvalue weighted by Crippen LogP contribution is -2.02. The molecule has 18 heavy (non-hydrogen) atoms. The van der Waals surface area contributed by atoms with Crippen LogP contribution in [0.4, 0.5) is 18.9 Å². The first-order chi connectivity index (χ1) is 8.58. The normalized spacial score (nSPS) is 10.4. The van der Waals surface area contributed by atoms with Gasteiger partial charge in [0.25, 0.3) is 0 Å². The van der Waals surface area contributed by atoms with E-state index in [1.54, 1.807) is 19.1 Å². The van der Waals surface area contributed by atoms with Gasteiger partial charge in [-0.1, -0.05) is 12.1 Å². The highest BCUT2D eigenvalue weighted by Crippen LogP contribution is 2.18. The van der Waals surface area contributed by atoms with E-state index in [4.69, 9.17) is 0 Å². The minimum absolute atomic E-state index is 0.301. The second kappa shape index (κ2) is 5.12. The quantitative estimate of drug-likeness (QED) is 0.868. The van der Waals surface area contributed by atoms with Crippen LogP contribution in [-0.4, -0.2) is 0 Å². The molecule has 0 unspecified atom stereocenters. The summed E-state index contributed by atoms with van der Waals surface area (Å²) in [7, 11) is 0. The average Bonchev–Trinajstić information content (AvgIpc) is 2.35. The molecule has 0 aliphatic rings. The molecule has 94 valence electrons. The van der Waals surface area contributed by atoms with Crippen molar-refractivity contribution in [1.29, 1.82) is 0 Å². The minimum atomic E-state index is -0.884. The lowest BCUT2D eigenvalue weighted by Gasteiger charge is -2.10. The molecule has 0 aliphatic carbocycles. The Morgan fingerprint density at radius 2 is 1.72 bits per heavy atom. The number of rotatable bonds is 3. The molecular weight excluding hydrogens is 239 g/mol. The zero-order valence-electron chi connectivity index (χ0n) is 9.81. The zero-order chi connectivity index (χ0) is 13.1. The lowest BCUT2D eigenvalue weighted by atomic mass is 10.1. The van der Waals surface area contributed by atoms with Crippen LogP contribution in [0.5, 0.6) is 0 Å². The second-order valence-corrected chi connectivity index (χ2v) is 4.01. The fourth-order valence-corrected chi connectivity index (χ4v) is 1.65. The molecule has 0 atom stereocenters. The van der Waals surface area contributed by atoms with Gasteiger partial charge in [-0.2, -0.15) is 0 Å². The van der Waals surface area contributed by atoms with Crippen molar-refractivity contribution in [2.24, 2.45) is 0 Å². The Morgan fingerprint density at radius 3 is 2.44 bits per heavy atom. The molecule has 0 saturated heterocycles. The van der Waals surface area contributed by atoms with Crippen LogP contribution in [0.25, 0.3) is 0 Å². The van der Waals surface area contributed by atoms with Crippen molar-refractivity contribution in [1.82, 2.24) is 0 Å². The van der Waals surface area contributed by atoms with Crippen LogP contribution in [-0.2, 0) is 6.54 Å². The summed E-state index contributed by atoms with van der Waals surface area (Å²) in [6.45, 7) is 1.96. The molecule has 0 bridgehead atoms. The van der Waals surface area contributed by atoms with Gasteiger partial charge in [0.15, 0.2) is 11.6 Å². The highest BCUT2D eigenvalue weighted by atomic mass is 19.2. The van der Waals surface area contributed by atoms with Crippen molar-refractivity contribution in [3.8, 4) is 0 Å². The highest BCUT2D eigenvalue weighted by molar-refractivity contribution is 5.51. The first-order valence-electron chi connectivity index (χ1n) is 5.51. The van der Waals surface area contributed by atoms with Gasteiger partial charge in [0.1, 0.15) is 5.82 Å². The van der Waals surface area contributed by atoms with Crippen molar-refractivity contribution in [3.63, 3.8) is 0 Å². The molecule has 2 aromatic rings. The van der Waals surface area contributed by atoms with Crippen LogP contribution >= 0.6 is 0 Å². The molecule has 0 aromatic heterocycles. The Hall–Kier alpha value is -1.97. The van der Waals surface area contributed by atoms with Crippen molar-refractivity contribution in [2.45, 2.75) is 13.5 Å². The SMILES string of the molecule is Cc1c(F)cccc1NCc1ccc(F)c(F)c1. The number of hydrogen-bond donors (Lipinski definition) is 1. The Balaban J connectivity index is 2.11. The third kappa shape index (κ3) is 2.64. The van der Waals surface area contributed by atoms with Gasteiger partial charge in [-0.25, -0.2) is 13.2 Å². The summed E-state index contributed by atoms with van der Waals surface area (Å²) in [5.41, 5.74) is 1.73. The van der Waals surface area contributed by atoms with E-state index in [1.165, 1.54) is 12.1 Å². The molecule has 4 heteroatoms. The van der Waals surface area contributed by atoms with E-state index in [2.05, 4.69) is 5.32 Å². The van der Waals surface area contributed by atoms with Crippen molar-refractivity contribution >= 4 is 5.69 Å². The predicted octanol–water partition coefficient (Wildman–Crippen LogP) is 4.02. The fourth-order valence-electron chi connectivity index (χ4n) is 1.65.